The Bertz CT molecular complexity index is 2380. The summed E-state index contributed by atoms with van der Waals surface area (Å²) in [5.74, 6) is -0.790. The van der Waals surface area contributed by atoms with Crippen LogP contribution in [0.3, 0.4) is 0 Å². The number of anilines is 1. The first-order valence-corrected chi connectivity index (χ1v) is 16.3. The van der Waals surface area contributed by atoms with Gasteiger partial charge in [0.05, 0.1) is 27.6 Å². The van der Waals surface area contributed by atoms with Crippen molar-refractivity contribution in [3.05, 3.63) is 78.9 Å². The number of azo groups is 2. The monoisotopic (exact) mass is 657 g/mol. The molecule has 0 aromatic heterocycles. The molecule has 0 spiro atoms. The molecular weight excluding hydrogens is 639 g/mol. The topological polar surface area (TPSA) is 259 Å². The minimum absolute atomic E-state index is 0.138. The number of rotatable bonds is 7. The third kappa shape index (κ3) is 6.11. The van der Waals surface area contributed by atoms with E-state index in [1.807, 2.05) is 0 Å². The van der Waals surface area contributed by atoms with E-state index in [0.717, 1.165) is 30.3 Å². The zero-order chi connectivity index (χ0) is 32.0. The van der Waals surface area contributed by atoms with Crippen molar-refractivity contribution in [2.24, 2.45) is 20.5 Å². The Morgan fingerprint density at radius 1 is 0.568 bits per heavy atom. The highest BCUT2D eigenvalue weighted by molar-refractivity contribution is 7.86. The lowest BCUT2D eigenvalue weighted by molar-refractivity contribution is 0.472. The van der Waals surface area contributed by atoms with Crippen LogP contribution in [0.5, 0.6) is 5.75 Å². The zero-order valence-corrected chi connectivity index (χ0v) is 24.3. The van der Waals surface area contributed by atoms with Crippen LogP contribution in [-0.2, 0) is 30.4 Å². The molecule has 5 aromatic carbocycles. The molecule has 0 saturated carbocycles. The van der Waals surface area contributed by atoms with E-state index in [4.69, 9.17) is 10.3 Å². The van der Waals surface area contributed by atoms with Gasteiger partial charge in [0.15, 0.2) is 5.75 Å². The lowest BCUT2D eigenvalue weighted by Crippen LogP contribution is -2.04. The van der Waals surface area contributed by atoms with Gasteiger partial charge >= 0.3 is 0 Å². The van der Waals surface area contributed by atoms with E-state index in [9.17, 15) is 39.5 Å². The fourth-order valence-electron chi connectivity index (χ4n) is 4.25. The summed E-state index contributed by atoms with van der Waals surface area (Å²) in [5.41, 5.74) is 5.47. The maximum Gasteiger partial charge on any atom is 0.296 e. The molecule has 0 atom stereocenters. The molecule has 0 aliphatic carbocycles. The average molecular weight is 658 g/mol. The molecule has 44 heavy (non-hydrogen) atoms. The van der Waals surface area contributed by atoms with Crippen LogP contribution in [-0.4, -0.2) is 44.0 Å². The Kier molecular flexibility index (Phi) is 7.66. The first-order valence-electron chi connectivity index (χ1n) is 12.0. The van der Waals surface area contributed by atoms with Crippen molar-refractivity contribution < 1.29 is 44.0 Å². The van der Waals surface area contributed by atoms with Gasteiger partial charge in [-0.05, 0) is 60.0 Å². The second-order valence-corrected chi connectivity index (χ2v) is 13.4. The number of phenols is 1. The van der Waals surface area contributed by atoms with Gasteiger partial charge in [-0.3, -0.25) is 13.7 Å². The predicted octanol–water partition coefficient (Wildman–Crippen LogP) is 5.85. The maximum atomic E-state index is 12.2. The molecular formula is C26H19N5O10S3. The number of phenolic OH excluding ortho intramolecular Hbond substituents is 1. The first kappa shape index (κ1) is 30.6. The summed E-state index contributed by atoms with van der Waals surface area (Å²) in [6.45, 7) is 0. The minimum atomic E-state index is -5.04. The summed E-state index contributed by atoms with van der Waals surface area (Å²) in [5, 5.41) is 27.9. The number of aromatic hydroxyl groups is 1. The van der Waals surface area contributed by atoms with E-state index in [2.05, 4.69) is 20.5 Å². The molecule has 226 valence electrons. The van der Waals surface area contributed by atoms with E-state index < -0.39 is 57.3 Å². The van der Waals surface area contributed by atoms with Gasteiger partial charge in [0, 0.05) is 16.2 Å². The summed E-state index contributed by atoms with van der Waals surface area (Å²) in [7, 11) is -14.2. The molecule has 0 fully saturated rings. The van der Waals surface area contributed by atoms with Crippen LogP contribution in [0.15, 0.2) is 114 Å². The van der Waals surface area contributed by atoms with Gasteiger partial charge < -0.3 is 10.8 Å². The van der Waals surface area contributed by atoms with Gasteiger partial charge in [0.2, 0.25) is 0 Å². The molecule has 5 rings (SSSR count). The number of fused-ring (bicyclic) bond motifs is 2. The summed E-state index contributed by atoms with van der Waals surface area (Å²) >= 11 is 0. The summed E-state index contributed by atoms with van der Waals surface area (Å²) in [6.07, 6.45) is 0. The van der Waals surface area contributed by atoms with E-state index >= 15 is 0 Å². The number of nitrogens with two attached hydrogens (primary N) is 1. The fourth-order valence-corrected chi connectivity index (χ4v) is 6.02. The molecule has 5 aromatic rings. The van der Waals surface area contributed by atoms with Crippen molar-refractivity contribution in [2.45, 2.75) is 14.7 Å². The smallest absolute Gasteiger partial charge is 0.296 e. The zero-order valence-electron chi connectivity index (χ0n) is 21.8. The Labute approximate surface area is 249 Å². The van der Waals surface area contributed by atoms with Crippen molar-refractivity contribution >= 4 is 80.3 Å². The van der Waals surface area contributed by atoms with Crippen LogP contribution in [0.25, 0.3) is 21.5 Å². The molecule has 0 heterocycles. The second kappa shape index (κ2) is 11.0. The van der Waals surface area contributed by atoms with Crippen molar-refractivity contribution in [2.75, 3.05) is 5.73 Å². The van der Waals surface area contributed by atoms with Gasteiger partial charge in [-0.15, -0.1) is 15.3 Å². The molecule has 0 aliphatic heterocycles. The van der Waals surface area contributed by atoms with Crippen LogP contribution in [0.1, 0.15) is 0 Å². The third-order valence-electron chi connectivity index (χ3n) is 6.28. The largest absolute Gasteiger partial charge is 0.505 e. The number of benzene rings is 5. The molecule has 0 aliphatic rings. The van der Waals surface area contributed by atoms with Gasteiger partial charge in [0.25, 0.3) is 30.4 Å². The van der Waals surface area contributed by atoms with Crippen LogP contribution < -0.4 is 5.73 Å². The van der Waals surface area contributed by atoms with Gasteiger partial charge in [-0.25, -0.2) is 0 Å². The van der Waals surface area contributed by atoms with E-state index in [1.54, 1.807) is 24.3 Å². The lowest BCUT2D eigenvalue weighted by Gasteiger charge is -2.11. The number of nitrogens with zero attached hydrogens (tertiary/aromatic N) is 4. The fraction of sp³-hybridized carbons (Fsp3) is 0. The number of nitrogen functional groups attached to an aromatic ring is 1. The Hall–Kier alpha value is -4.85. The summed E-state index contributed by atoms with van der Waals surface area (Å²) in [4.78, 5) is -1.94. The van der Waals surface area contributed by atoms with Crippen molar-refractivity contribution in [1.29, 1.82) is 0 Å². The molecule has 18 heteroatoms. The molecule has 0 saturated heterocycles. The Morgan fingerprint density at radius 2 is 1.09 bits per heavy atom. The normalized spacial score (nSPS) is 13.0. The van der Waals surface area contributed by atoms with Crippen LogP contribution in [0.2, 0.25) is 0 Å². The third-order valence-corrected chi connectivity index (χ3v) is 8.93. The van der Waals surface area contributed by atoms with Gasteiger partial charge in [-0.2, -0.15) is 30.4 Å². The van der Waals surface area contributed by atoms with Gasteiger partial charge in [-0.1, -0.05) is 24.3 Å². The lowest BCUT2D eigenvalue weighted by atomic mass is 10.1. The quantitative estimate of drug-likeness (QED) is 0.0787. The van der Waals surface area contributed by atoms with Gasteiger partial charge in [0.1, 0.15) is 15.5 Å². The van der Waals surface area contributed by atoms with Crippen molar-refractivity contribution in [1.82, 2.24) is 0 Å². The molecule has 0 amide bonds. The highest BCUT2D eigenvalue weighted by Gasteiger charge is 2.24. The summed E-state index contributed by atoms with van der Waals surface area (Å²) < 4.78 is 98.6. The van der Waals surface area contributed by atoms with Crippen LogP contribution >= 0.6 is 0 Å². The average Bonchev–Trinajstić information content (AvgIpc) is 2.94. The highest BCUT2D eigenvalue weighted by Crippen LogP contribution is 2.44. The van der Waals surface area contributed by atoms with Crippen LogP contribution in [0.4, 0.5) is 28.4 Å². The van der Waals surface area contributed by atoms with Crippen molar-refractivity contribution in [3.8, 4) is 5.75 Å². The highest BCUT2D eigenvalue weighted by atomic mass is 32.2. The van der Waals surface area contributed by atoms with E-state index in [-0.39, 0.29) is 21.4 Å². The van der Waals surface area contributed by atoms with Crippen molar-refractivity contribution in [3.63, 3.8) is 0 Å². The maximum absolute atomic E-state index is 12.2. The molecule has 0 bridgehead atoms. The number of hydrogen-bond acceptors (Lipinski definition) is 12. The Balaban J connectivity index is 1.59. The predicted molar refractivity (Wildman–Crippen MR) is 158 cm³/mol. The molecule has 15 nitrogen and oxygen atoms in total. The SMILES string of the molecule is Nc1cc2c(O)c(N=Nc3ccc(N=Nc4ccc(S(=O)(=O)O)cc4)c4ccccc34)c(S(=O)(=O)O)cc2cc1S(=O)(=O)O. The first-order chi connectivity index (χ1) is 20.5. The van der Waals surface area contributed by atoms with E-state index in [0.29, 0.717) is 22.1 Å². The van der Waals surface area contributed by atoms with E-state index in [1.165, 1.54) is 24.3 Å². The molecule has 6 N–H and O–H groups in total. The molecule has 0 unspecified atom stereocenters. The minimum Gasteiger partial charge on any atom is -0.505 e. The number of hydrogen-bond donors (Lipinski definition) is 5. The Morgan fingerprint density at radius 3 is 1.61 bits per heavy atom. The van der Waals surface area contributed by atoms with Crippen LogP contribution in [0, 0.1) is 0 Å². The standard InChI is InChI=1S/C26H19N5O10S3/c27-20-13-19-14(11-23(20)43(36,37)38)12-24(44(39,40)41)25(26(19)32)31-30-22-10-9-21(17-3-1-2-4-18(17)22)29-28-15-5-7-16(8-6-15)42(33,34)35/h1-13,32H,27H2,(H,33,34,35)(H,36,37,38)(H,39,40,41). The summed E-state index contributed by atoms with van der Waals surface area (Å²) in [6, 6.07) is 17.4. The second-order valence-electron chi connectivity index (χ2n) is 9.15. The molecule has 0 radical (unpaired) electrons.